The van der Waals surface area contributed by atoms with Gasteiger partial charge in [-0.25, -0.2) is 4.98 Å². The molecule has 0 aliphatic heterocycles. The maximum Gasteiger partial charge on any atom is 0.435 e. The molecule has 25 heavy (non-hydrogen) atoms. The van der Waals surface area contributed by atoms with Gasteiger partial charge in [-0.15, -0.1) is 0 Å². The van der Waals surface area contributed by atoms with E-state index in [1.165, 1.54) is 10.9 Å². The maximum atomic E-state index is 13.3. The highest BCUT2D eigenvalue weighted by atomic mass is 32.1. The average Bonchev–Trinajstić information content (AvgIpc) is 3.07. The number of alkyl halides is 3. The number of rotatable bonds is 5. The predicted molar refractivity (Wildman–Crippen MR) is 86.4 cm³/mol. The monoisotopic (exact) mass is 366 g/mol. The number of hydrogen-bond acceptors (Lipinski definition) is 6. The molecular weight excluding hydrogens is 353 g/mol. The first-order chi connectivity index (χ1) is 12.0. The van der Waals surface area contributed by atoms with Crippen LogP contribution in [0.4, 0.5) is 24.1 Å². The van der Waals surface area contributed by atoms with Crippen LogP contribution in [0, 0.1) is 5.92 Å². The Bertz CT molecular complexity index is 869. The van der Waals surface area contributed by atoms with E-state index in [0.717, 1.165) is 24.4 Å². The van der Waals surface area contributed by atoms with Gasteiger partial charge in [-0.1, -0.05) is 6.07 Å². The van der Waals surface area contributed by atoms with Crippen molar-refractivity contribution in [3.05, 3.63) is 36.3 Å². The van der Waals surface area contributed by atoms with Crippen LogP contribution in [0.2, 0.25) is 0 Å². The second kappa shape index (κ2) is 6.10. The van der Waals surface area contributed by atoms with Gasteiger partial charge in [0.15, 0.2) is 11.5 Å². The molecule has 0 saturated heterocycles. The first-order valence-electron chi connectivity index (χ1n) is 7.66. The molecule has 1 aliphatic carbocycles. The summed E-state index contributed by atoms with van der Waals surface area (Å²) in [5, 5.41) is 7.01. The third kappa shape index (κ3) is 3.63. The average molecular weight is 366 g/mol. The molecule has 0 unspecified atom stereocenters. The van der Waals surface area contributed by atoms with Crippen LogP contribution < -0.4 is 5.32 Å². The Hall–Kier alpha value is -2.49. The molecule has 0 bridgehead atoms. The fourth-order valence-corrected chi connectivity index (χ4v) is 2.97. The molecule has 1 N–H and O–H groups in total. The zero-order chi connectivity index (χ0) is 17.4. The van der Waals surface area contributed by atoms with E-state index in [-0.39, 0.29) is 11.4 Å². The highest BCUT2D eigenvalue weighted by Gasteiger charge is 2.39. The second-order valence-corrected chi connectivity index (χ2v) is 6.57. The summed E-state index contributed by atoms with van der Waals surface area (Å²) < 4.78 is 45.3. The van der Waals surface area contributed by atoms with Gasteiger partial charge in [0.2, 0.25) is 5.13 Å². The molecule has 1 saturated carbocycles. The maximum absolute atomic E-state index is 13.3. The van der Waals surface area contributed by atoms with E-state index in [2.05, 4.69) is 24.8 Å². The lowest BCUT2D eigenvalue weighted by molar-refractivity contribution is -0.141. The van der Waals surface area contributed by atoms with Crippen LogP contribution in [-0.4, -0.2) is 24.1 Å². The van der Waals surface area contributed by atoms with Crippen molar-refractivity contribution < 1.29 is 13.2 Å². The Labute approximate surface area is 144 Å². The van der Waals surface area contributed by atoms with E-state index in [1.807, 2.05) is 0 Å². The van der Waals surface area contributed by atoms with Gasteiger partial charge < -0.3 is 5.32 Å². The molecule has 3 aromatic heterocycles. The highest BCUT2D eigenvalue weighted by molar-refractivity contribution is 7.09. The zero-order valence-corrected chi connectivity index (χ0v) is 13.7. The van der Waals surface area contributed by atoms with Crippen molar-refractivity contribution in [3.8, 4) is 11.4 Å². The topological polar surface area (TPSA) is 68.5 Å². The zero-order valence-electron chi connectivity index (χ0n) is 12.9. The van der Waals surface area contributed by atoms with Crippen molar-refractivity contribution in [2.75, 3.05) is 5.32 Å². The summed E-state index contributed by atoms with van der Waals surface area (Å²) in [4.78, 5) is 8.25. The number of pyridine rings is 1. The lowest BCUT2D eigenvalue weighted by atomic mass is 10.2. The summed E-state index contributed by atoms with van der Waals surface area (Å²) in [6.07, 6.45) is 0.499. The smallest absolute Gasteiger partial charge is 0.315 e. The van der Waals surface area contributed by atoms with Gasteiger partial charge in [-0.2, -0.15) is 27.6 Å². The van der Waals surface area contributed by atoms with Gasteiger partial charge in [0.25, 0.3) is 0 Å². The number of anilines is 2. The Balaban J connectivity index is 1.63. The molecule has 0 radical (unpaired) electrons. The van der Waals surface area contributed by atoms with Gasteiger partial charge in [0.1, 0.15) is 5.82 Å². The van der Waals surface area contributed by atoms with Gasteiger partial charge in [-0.3, -0.25) is 4.68 Å². The van der Waals surface area contributed by atoms with Crippen LogP contribution >= 0.6 is 11.5 Å². The lowest BCUT2D eigenvalue weighted by Gasteiger charge is -2.03. The minimum Gasteiger partial charge on any atom is -0.315 e. The fourth-order valence-electron chi connectivity index (χ4n) is 2.38. The molecular formula is C15H13F3N6S. The van der Waals surface area contributed by atoms with Crippen molar-refractivity contribution >= 4 is 22.5 Å². The highest BCUT2D eigenvalue weighted by Crippen LogP contribution is 2.37. The number of aromatic nitrogens is 5. The third-order valence-electron chi connectivity index (χ3n) is 3.74. The van der Waals surface area contributed by atoms with Crippen molar-refractivity contribution in [2.24, 2.45) is 5.92 Å². The van der Waals surface area contributed by atoms with Gasteiger partial charge in [0.05, 0.1) is 5.56 Å². The van der Waals surface area contributed by atoms with Gasteiger partial charge >= 0.3 is 6.18 Å². The van der Waals surface area contributed by atoms with Crippen LogP contribution in [0.15, 0.2) is 30.6 Å². The van der Waals surface area contributed by atoms with E-state index >= 15 is 0 Å². The molecule has 0 spiro atoms. The molecule has 4 rings (SSSR count). The number of nitrogens with one attached hydrogen (secondary N) is 1. The minimum atomic E-state index is -4.55. The van der Waals surface area contributed by atoms with E-state index in [0.29, 0.717) is 23.4 Å². The molecule has 3 aromatic rings. The van der Waals surface area contributed by atoms with Crippen LogP contribution in [0.3, 0.4) is 0 Å². The lowest BCUT2D eigenvalue weighted by Crippen LogP contribution is -2.09. The largest absolute Gasteiger partial charge is 0.435 e. The second-order valence-electron chi connectivity index (χ2n) is 5.82. The molecule has 130 valence electrons. The first kappa shape index (κ1) is 16.0. The van der Waals surface area contributed by atoms with Crippen LogP contribution in [0.25, 0.3) is 11.4 Å². The normalized spacial score (nSPS) is 14.7. The van der Waals surface area contributed by atoms with Crippen LogP contribution in [0.1, 0.15) is 18.5 Å². The van der Waals surface area contributed by atoms with Crippen molar-refractivity contribution in [2.45, 2.75) is 25.6 Å². The van der Waals surface area contributed by atoms with E-state index in [1.54, 1.807) is 24.4 Å². The van der Waals surface area contributed by atoms with Crippen molar-refractivity contribution in [3.63, 3.8) is 0 Å². The molecule has 3 heterocycles. The molecule has 0 amide bonds. The molecule has 0 atom stereocenters. The summed E-state index contributed by atoms with van der Waals surface area (Å²) in [6.45, 7) is 0.492. The van der Waals surface area contributed by atoms with Crippen molar-refractivity contribution in [1.29, 1.82) is 0 Å². The number of nitrogens with zero attached hydrogens (tertiary/aromatic N) is 5. The summed E-state index contributed by atoms with van der Waals surface area (Å²) in [5.74, 6) is 0.974. The standard InChI is InChI=1S/C15H13F3N6S/c16-15(17,18)12-10(8-24(22-12)7-9-4-5-9)13-21-14(25-23-13)20-11-3-1-2-6-19-11/h1-3,6,8-9H,4-5,7H2,(H,19,20,21,23). The molecule has 0 aromatic carbocycles. The fraction of sp³-hybridized carbons (Fsp3) is 0.333. The summed E-state index contributed by atoms with van der Waals surface area (Å²) in [7, 11) is 0. The van der Waals surface area contributed by atoms with E-state index in [4.69, 9.17) is 0 Å². The number of hydrogen-bond donors (Lipinski definition) is 1. The van der Waals surface area contributed by atoms with Crippen LogP contribution in [-0.2, 0) is 12.7 Å². The van der Waals surface area contributed by atoms with Gasteiger partial charge in [0, 0.05) is 30.5 Å². The first-order valence-corrected chi connectivity index (χ1v) is 8.43. The summed E-state index contributed by atoms with van der Waals surface area (Å²) in [6, 6.07) is 5.29. The molecule has 1 fully saturated rings. The van der Waals surface area contributed by atoms with Crippen LogP contribution in [0.5, 0.6) is 0 Å². The Morgan fingerprint density at radius 1 is 1.28 bits per heavy atom. The molecule has 1 aliphatic rings. The Morgan fingerprint density at radius 2 is 2.12 bits per heavy atom. The van der Waals surface area contributed by atoms with E-state index in [9.17, 15) is 13.2 Å². The third-order valence-corrected chi connectivity index (χ3v) is 4.37. The van der Waals surface area contributed by atoms with Crippen molar-refractivity contribution in [1.82, 2.24) is 24.1 Å². The molecule has 10 heteroatoms. The number of halogens is 3. The van der Waals surface area contributed by atoms with E-state index < -0.39 is 11.9 Å². The predicted octanol–water partition coefficient (Wildman–Crippen LogP) is 3.97. The quantitative estimate of drug-likeness (QED) is 0.740. The molecule has 6 nitrogen and oxygen atoms in total. The van der Waals surface area contributed by atoms with Gasteiger partial charge in [-0.05, 0) is 30.9 Å². The Morgan fingerprint density at radius 3 is 2.80 bits per heavy atom. The Kier molecular flexibility index (Phi) is 3.91. The SMILES string of the molecule is FC(F)(F)c1nn(CC2CC2)cc1-c1nsc(Nc2ccccn2)n1. The summed E-state index contributed by atoms with van der Waals surface area (Å²) in [5.41, 5.74) is -1.05. The summed E-state index contributed by atoms with van der Waals surface area (Å²) >= 11 is 0.977. The minimum absolute atomic E-state index is 0.0119.